The van der Waals surface area contributed by atoms with Crippen molar-refractivity contribution < 1.29 is 28.5 Å². The molecule has 0 spiro atoms. The van der Waals surface area contributed by atoms with Crippen molar-refractivity contribution >= 4 is 5.97 Å². The number of ether oxygens (including phenoxy) is 5. The second-order valence-electron chi connectivity index (χ2n) is 6.69. The lowest BCUT2D eigenvalue weighted by Gasteiger charge is -2.30. The van der Waals surface area contributed by atoms with Gasteiger partial charge in [0.2, 0.25) is 0 Å². The lowest BCUT2D eigenvalue weighted by atomic mass is 10.00. The Morgan fingerprint density at radius 1 is 1.29 bits per heavy atom. The number of rotatable bonds is 9. The molecule has 0 aromatic heterocycles. The zero-order valence-electron chi connectivity index (χ0n) is 15.4. The van der Waals surface area contributed by atoms with Crippen LogP contribution in [0.2, 0.25) is 0 Å². The molecule has 2 fully saturated rings. The van der Waals surface area contributed by atoms with Crippen LogP contribution in [0.3, 0.4) is 0 Å². The predicted octanol–water partition coefficient (Wildman–Crippen LogP) is 1.59. The Hall–Kier alpha value is -0.730. The summed E-state index contributed by atoms with van der Waals surface area (Å²) in [6.45, 7) is 8.80. The van der Waals surface area contributed by atoms with Gasteiger partial charge >= 0.3 is 5.97 Å². The van der Waals surface area contributed by atoms with Crippen molar-refractivity contribution in [2.75, 3.05) is 20.3 Å². The third kappa shape index (κ3) is 4.67. The fourth-order valence-corrected chi connectivity index (χ4v) is 3.26. The van der Waals surface area contributed by atoms with Crippen molar-refractivity contribution in [3.8, 4) is 0 Å². The number of unbranched alkanes of at least 4 members (excludes halogenated alkanes) is 1. The summed E-state index contributed by atoms with van der Waals surface area (Å²) in [5.41, 5.74) is 0. The van der Waals surface area contributed by atoms with Crippen LogP contribution in [0.5, 0.6) is 0 Å². The van der Waals surface area contributed by atoms with Gasteiger partial charge in [0, 0.05) is 13.2 Å². The van der Waals surface area contributed by atoms with Crippen LogP contribution in [-0.4, -0.2) is 62.7 Å². The summed E-state index contributed by atoms with van der Waals surface area (Å²) in [6.07, 6.45) is 0.916. The van der Waals surface area contributed by atoms with E-state index in [-0.39, 0.29) is 36.7 Å². The highest BCUT2D eigenvalue weighted by Gasteiger charge is 2.56. The standard InChI is InChI=1S/C17H31NO6/c1-6-8-9-18-11(10-12(19)21-7-2)13-14(20-5)15-16(22-13)24-17(3,4)23-15/h11,13-16,18H,6-10H2,1-5H3/t11?,13-,14+,15-,16-/m1/s1. The lowest BCUT2D eigenvalue weighted by molar-refractivity contribution is -0.220. The molecule has 0 amide bonds. The van der Waals surface area contributed by atoms with Crippen LogP contribution < -0.4 is 5.32 Å². The summed E-state index contributed by atoms with van der Waals surface area (Å²) in [6, 6.07) is -0.207. The molecule has 7 nitrogen and oxygen atoms in total. The molecule has 0 saturated carbocycles. The molecule has 2 aliphatic heterocycles. The molecular weight excluding hydrogens is 314 g/mol. The fourth-order valence-electron chi connectivity index (χ4n) is 3.26. The van der Waals surface area contributed by atoms with Gasteiger partial charge in [-0.25, -0.2) is 0 Å². The summed E-state index contributed by atoms with van der Waals surface area (Å²) in [5, 5.41) is 3.41. The summed E-state index contributed by atoms with van der Waals surface area (Å²) < 4.78 is 28.5. The third-order valence-corrected chi connectivity index (χ3v) is 4.32. The van der Waals surface area contributed by atoms with Crippen molar-refractivity contribution in [2.45, 2.75) is 83.4 Å². The number of hydrogen-bond acceptors (Lipinski definition) is 7. The number of carbonyl (C=O) groups excluding carboxylic acids is 1. The summed E-state index contributed by atoms with van der Waals surface area (Å²) in [4.78, 5) is 12.0. The zero-order chi connectivity index (χ0) is 17.7. The topological polar surface area (TPSA) is 75.3 Å². The largest absolute Gasteiger partial charge is 0.466 e. The Labute approximate surface area is 144 Å². The minimum absolute atomic E-state index is 0.207. The van der Waals surface area contributed by atoms with Gasteiger partial charge in [0.25, 0.3) is 0 Å². The van der Waals surface area contributed by atoms with Crippen molar-refractivity contribution in [3.63, 3.8) is 0 Å². The van der Waals surface area contributed by atoms with Gasteiger partial charge in [0.05, 0.1) is 13.0 Å². The Balaban J connectivity index is 2.05. The molecule has 0 radical (unpaired) electrons. The van der Waals surface area contributed by atoms with Crippen LogP contribution in [0, 0.1) is 0 Å². The van der Waals surface area contributed by atoms with Crippen LogP contribution in [0.25, 0.3) is 0 Å². The molecule has 2 heterocycles. The maximum Gasteiger partial charge on any atom is 0.307 e. The zero-order valence-corrected chi connectivity index (χ0v) is 15.4. The molecule has 24 heavy (non-hydrogen) atoms. The van der Waals surface area contributed by atoms with Gasteiger partial charge in [-0.2, -0.15) is 0 Å². The van der Waals surface area contributed by atoms with E-state index in [9.17, 15) is 4.79 Å². The molecule has 1 unspecified atom stereocenters. The monoisotopic (exact) mass is 345 g/mol. The van der Waals surface area contributed by atoms with Crippen molar-refractivity contribution in [1.29, 1.82) is 0 Å². The van der Waals surface area contributed by atoms with Crippen LogP contribution in [-0.2, 0) is 28.5 Å². The Morgan fingerprint density at radius 3 is 2.67 bits per heavy atom. The molecule has 0 aliphatic carbocycles. The van der Waals surface area contributed by atoms with Crippen molar-refractivity contribution in [3.05, 3.63) is 0 Å². The number of methoxy groups -OCH3 is 1. The van der Waals surface area contributed by atoms with E-state index in [0.29, 0.717) is 6.61 Å². The highest BCUT2D eigenvalue weighted by molar-refractivity contribution is 5.70. The number of carbonyl (C=O) groups is 1. The van der Waals surface area contributed by atoms with Gasteiger partial charge in [0.15, 0.2) is 12.1 Å². The molecule has 2 aliphatic rings. The molecule has 2 saturated heterocycles. The van der Waals surface area contributed by atoms with Gasteiger partial charge in [-0.3, -0.25) is 4.79 Å². The van der Waals surface area contributed by atoms with Crippen LogP contribution in [0.4, 0.5) is 0 Å². The maximum atomic E-state index is 12.0. The number of hydrogen-bond donors (Lipinski definition) is 1. The van der Waals surface area contributed by atoms with Gasteiger partial charge in [-0.15, -0.1) is 0 Å². The fraction of sp³-hybridized carbons (Fsp3) is 0.941. The number of fused-ring (bicyclic) bond motifs is 1. The average Bonchev–Trinajstić information content (AvgIpc) is 2.97. The van der Waals surface area contributed by atoms with Gasteiger partial charge in [-0.05, 0) is 33.7 Å². The van der Waals surface area contributed by atoms with Crippen LogP contribution in [0.1, 0.15) is 47.0 Å². The first kappa shape index (κ1) is 19.6. The molecule has 140 valence electrons. The normalized spacial score (nSPS) is 32.5. The number of esters is 1. The summed E-state index contributed by atoms with van der Waals surface area (Å²) >= 11 is 0. The molecule has 0 bridgehead atoms. The van der Waals surface area contributed by atoms with Crippen LogP contribution >= 0.6 is 0 Å². The van der Waals surface area contributed by atoms with Gasteiger partial charge < -0.3 is 29.0 Å². The number of nitrogens with one attached hydrogen (secondary N) is 1. The minimum Gasteiger partial charge on any atom is -0.466 e. The van der Waals surface area contributed by atoms with Crippen molar-refractivity contribution in [2.24, 2.45) is 0 Å². The third-order valence-electron chi connectivity index (χ3n) is 4.32. The SMILES string of the molecule is CCCCNC(CC(=O)OCC)[C@H]1O[C@@H]2OC(C)(C)O[C@@H]2[C@H]1OC. The van der Waals surface area contributed by atoms with Gasteiger partial charge in [0.1, 0.15) is 18.3 Å². The smallest absolute Gasteiger partial charge is 0.307 e. The second-order valence-corrected chi connectivity index (χ2v) is 6.69. The van der Waals surface area contributed by atoms with E-state index in [1.807, 2.05) is 13.8 Å². The lowest BCUT2D eigenvalue weighted by Crippen LogP contribution is -2.49. The van der Waals surface area contributed by atoms with Crippen LogP contribution in [0.15, 0.2) is 0 Å². The van der Waals surface area contributed by atoms with Crippen molar-refractivity contribution in [1.82, 2.24) is 5.32 Å². The molecule has 2 rings (SSSR count). The van der Waals surface area contributed by atoms with E-state index in [1.54, 1.807) is 14.0 Å². The molecule has 0 aromatic carbocycles. The maximum absolute atomic E-state index is 12.0. The second kappa shape index (κ2) is 8.58. The average molecular weight is 345 g/mol. The molecule has 7 heteroatoms. The molecule has 5 atom stereocenters. The van der Waals surface area contributed by atoms with Gasteiger partial charge in [-0.1, -0.05) is 13.3 Å². The van der Waals surface area contributed by atoms with E-state index >= 15 is 0 Å². The highest BCUT2D eigenvalue weighted by Crippen LogP contribution is 2.39. The first-order chi connectivity index (χ1) is 11.4. The first-order valence-electron chi connectivity index (χ1n) is 8.84. The molecule has 0 aromatic rings. The Bertz CT molecular complexity index is 416. The van der Waals surface area contributed by atoms with E-state index in [0.717, 1.165) is 19.4 Å². The van der Waals surface area contributed by atoms with E-state index in [2.05, 4.69) is 12.2 Å². The Kier molecular flexibility index (Phi) is 7.00. The Morgan fingerprint density at radius 2 is 2.04 bits per heavy atom. The predicted molar refractivity (Wildman–Crippen MR) is 87.4 cm³/mol. The van der Waals surface area contributed by atoms with E-state index < -0.39 is 12.1 Å². The summed E-state index contributed by atoms with van der Waals surface area (Å²) in [5.74, 6) is -0.937. The molecular formula is C17H31NO6. The minimum atomic E-state index is -0.691. The van der Waals surface area contributed by atoms with E-state index in [1.165, 1.54) is 0 Å². The molecule has 1 N–H and O–H groups in total. The highest BCUT2D eigenvalue weighted by atomic mass is 16.8. The quantitative estimate of drug-likeness (QED) is 0.502. The summed E-state index contributed by atoms with van der Waals surface area (Å²) in [7, 11) is 1.63. The van der Waals surface area contributed by atoms with E-state index in [4.69, 9.17) is 23.7 Å². The first-order valence-corrected chi connectivity index (χ1v) is 8.84.